The highest BCUT2D eigenvalue weighted by Crippen LogP contribution is 2.59. The van der Waals surface area contributed by atoms with E-state index in [0.29, 0.717) is 12.0 Å². The summed E-state index contributed by atoms with van der Waals surface area (Å²) in [6, 6.07) is 10.2. The highest BCUT2D eigenvalue weighted by molar-refractivity contribution is 8.35. The summed E-state index contributed by atoms with van der Waals surface area (Å²) in [4.78, 5) is 4.06. The van der Waals surface area contributed by atoms with Gasteiger partial charge in [-0.25, -0.2) is 0 Å². The molecule has 0 atom stereocenters. The number of nitrogens with zero attached hydrogens (tertiary/aromatic N) is 1. The average Bonchev–Trinajstić information content (AvgIpc) is 3.21. The van der Waals surface area contributed by atoms with Crippen LogP contribution < -0.4 is 0 Å². The lowest BCUT2D eigenvalue weighted by molar-refractivity contribution is 1.21. The van der Waals surface area contributed by atoms with Gasteiger partial charge in [-0.2, -0.15) is 5.26 Å². The molecule has 3 rings (SSSR count). The summed E-state index contributed by atoms with van der Waals surface area (Å²) in [6.45, 7) is 4.35. The van der Waals surface area contributed by atoms with Crippen LogP contribution in [0.1, 0.15) is 25.0 Å². The Morgan fingerprint density at radius 1 is 1.04 bits per heavy atom. The van der Waals surface area contributed by atoms with Crippen molar-refractivity contribution in [2.45, 2.75) is 20.3 Å². The molecular formula is C18H14N2S4. The van der Waals surface area contributed by atoms with Gasteiger partial charge in [0.15, 0.2) is 0 Å². The van der Waals surface area contributed by atoms with E-state index in [0.717, 1.165) is 5.56 Å². The first kappa shape index (κ1) is 17.6. The molecule has 1 N–H and O–H groups in total. The molecule has 1 aromatic carbocycles. The maximum Gasteiger partial charge on any atom is 0.105 e. The van der Waals surface area contributed by atoms with Gasteiger partial charge in [0.05, 0.1) is 14.0 Å². The number of benzene rings is 1. The number of rotatable bonds is 3. The lowest BCUT2D eigenvalue weighted by Crippen LogP contribution is -1.89. The third-order valence-electron chi connectivity index (χ3n) is 3.53. The second-order valence-corrected chi connectivity index (χ2v) is 10.1. The van der Waals surface area contributed by atoms with Crippen LogP contribution in [0.4, 0.5) is 0 Å². The third-order valence-corrected chi connectivity index (χ3v) is 9.11. The van der Waals surface area contributed by atoms with Gasteiger partial charge < -0.3 is 0 Å². The Labute approximate surface area is 159 Å². The fourth-order valence-electron chi connectivity index (χ4n) is 2.10. The standard InChI is InChI=1S/C18H14N2S4/c1-11-12(2)23-18(22-11)17-21-10-16(24-17)15-5-3-13(4-6-15)7-14(8-19)9-20/h3-6,10,19H,7H2,1-2H3. The monoisotopic (exact) mass is 386 g/mol. The van der Waals surface area contributed by atoms with E-state index in [1.165, 1.54) is 28.8 Å². The van der Waals surface area contributed by atoms with E-state index < -0.39 is 0 Å². The largest absolute Gasteiger partial charge is 0.258 e. The number of nitriles is 1. The predicted molar refractivity (Wildman–Crippen MR) is 111 cm³/mol. The SMILES string of the molecule is CC1=C(C)SC(=C2SC=C(c3ccc(CC(=C=N)C#N)cc3)S2)S1. The maximum absolute atomic E-state index is 8.89. The molecule has 0 aromatic heterocycles. The molecule has 0 aliphatic carbocycles. The van der Waals surface area contributed by atoms with Crippen molar-refractivity contribution in [1.82, 2.24) is 0 Å². The molecule has 24 heavy (non-hydrogen) atoms. The van der Waals surface area contributed by atoms with Crippen LogP contribution in [0.25, 0.3) is 4.91 Å². The number of hydrogen-bond donors (Lipinski definition) is 1. The van der Waals surface area contributed by atoms with Gasteiger partial charge in [-0.05, 0) is 46.1 Å². The normalized spacial score (nSPS) is 17.0. The van der Waals surface area contributed by atoms with Crippen molar-refractivity contribution in [1.29, 1.82) is 10.7 Å². The topological polar surface area (TPSA) is 47.6 Å². The molecule has 1 aromatic rings. The van der Waals surface area contributed by atoms with Crippen LogP contribution >= 0.6 is 47.0 Å². The van der Waals surface area contributed by atoms with Crippen LogP contribution in [-0.4, -0.2) is 5.87 Å². The lowest BCUT2D eigenvalue weighted by Gasteiger charge is -2.05. The van der Waals surface area contributed by atoms with Crippen LogP contribution in [0.2, 0.25) is 0 Å². The zero-order valence-electron chi connectivity index (χ0n) is 13.2. The van der Waals surface area contributed by atoms with Crippen LogP contribution in [-0.2, 0) is 6.42 Å². The van der Waals surface area contributed by atoms with Crippen LogP contribution in [0.5, 0.6) is 0 Å². The van der Waals surface area contributed by atoms with Gasteiger partial charge in [-0.15, -0.1) is 0 Å². The van der Waals surface area contributed by atoms with E-state index in [4.69, 9.17) is 10.7 Å². The Hall–Kier alpha value is -1.22. The van der Waals surface area contributed by atoms with Gasteiger partial charge in [0.2, 0.25) is 0 Å². The Morgan fingerprint density at radius 2 is 1.71 bits per heavy atom. The molecule has 0 saturated carbocycles. The van der Waals surface area contributed by atoms with E-state index >= 15 is 0 Å². The van der Waals surface area contributed by atoms with E-state index in [-0.39, 0.29) is 0 Å². The predicted octanol–water partition coefficient (Wildman–Crippen LogP) is 6.56. The number of allylic oxidation sites excluding steroid dienone is 3. The van der Waals surface area contributed by atoms with Crippen molar-refractivity contribution in [2.24, 2.45) is 0 Å². The minimum absolute atomic E-state index is 0.355. The Morgan fingerprint density at radius 3 is 2.29 bits per heavy atom. The summed E-state index contributed by atoms with van der Waals surface area (Å²) < 4.78 is 2.75. The fraction of sp³-hybridized carbons (Fsp3) is 0.167. The van der Waals surface area contributed by atoms with Gasteiger partial charge >= 0.3 is 0 Å². The second kappa shape index (κ2) is 7.77. The highest BCUT2D eigenvalue weighted by atomic mass is 32.2. The molecule has 6 heteroatoms. The molecule has 0 amide bonds. The first-order valence-electron chi connectivity index (χ1n) is 7.21. The molecule has 2 aliphatic rings. The van der Waals surface area contributed by atoms with Gasteiger partial charge in [0.1, 0.15) is 6.07 Å². The summed E-state index contributed by atoms with van der Waals surface area (Å²) >= 11 is 7.37. The molecule has 120 valence electrons. The summed E-state index contributed by atoms with van der Waals surface area (Å²) in [6.07, 6.45) is 0.466. The van der Waals surface area contributed by atoms with Crippen molar-refractivity contribution in [3.05, 3.63) is 64.7 Å². The fourth-order valence-corrected chi connectivity index (χ4v) is 7.24. The molecule has 2 nitrogen and oxygen atoms in total. The van der Waals surface area contributed by atoms with Crippen molar-refractivity contribution in [3.8, 4) is 6.07 Å². The van der Waals surface area contributed by atoms with E-state index in [2.05, 4.69) is 37.3 Å². The van der Waals surface area contributed by atoms with Crippen molar-refractivity contribution < 1.29 is 0 Å². The van der Waals surface area contributed by atoms with Crippen molar-refractivity contribution in [3.63, 3.8) is 0 Å². The first-order valence-corrected chi connectivity index (χ1v) is 10.5. The third kappa shape index (κ3) is 3.88. The van der Waals surface area contributed by atoms with Crippen molar-refractivity contribution in [2.75, 3.05) is 0 Å². The summed E-state index contributed by atoms with van der Waals surface area (Å²) in [5, 5.41) is 18.2. The smallest absolute Gasteiger partial charge is 0.105 e. The molecule has 0 saturated heterocycles. The summed E-state index contributed by atoms with van der Waals surface area (Å²) in [7, 11) is 0. The molecule has 2 aliphatic heterocycles. The number of thioether (sulfide) groups is 4. The quantitative estimate of drug-likeness (QED) is 0.470. The Balaban J connectivity index is 1.70. The second-order valence-electron chi connectivity index (χ2n) is 5.18. The summed E-state index contributed by atoms with van der Waals surface area (Å²) in [5.41, 5.74) is 2.58. The lowest BCUT2D eigenvalue weighted by atomic mass is 10.1. The van der Waals surface area contributed by atoms with Gasteiger partial charge in [0, 0.05) is 11.3 Å². The van der Waals surface area contributed by atoms with E-state index in [1.807, 2.05) is 53.5 Å². The number of nitrogens with one attached hydrogen (secondary N) is 1. The van der Waals surface area contributed by atoms with Crippen LogP contribution in [0, 0.1) is 16.7 Å². The Bertz CT molecular complexity index is 847. The minimum Gasteiger partial charge on any atom is -0.258 e. The molecule has 0 spiro atoms. The molecule has 0 unspecified atom stereocenters. The number of hydrogen-bond acceptors (Lipinski definition) is 6. The van der Waals surface area contributed by atoms with Crippen LogP contribution in [0.15, 0.2) is 53.5 Å². The zero-order chi connectivity index (χ0) is 17.1. The van der Waals surface area contributed by atoms with Crippen molar-refractivity contribution >= 4 is 57.8 Å². The van der Waals surface area contributed by atoms with Gasteiger partial charge in [0.25, 0.3) is 0 Å². The highest BCUT2D eigenvalue weighted by Gasteiger charge is 2.23. The molecule has 0 fully saturated rings. The van der Waals surface area contributed by atoms with E-state index in [9.17, 15) is 0 Å². The zero-order valence-corrected chi connectivity index (χ0v) is 16.4. The molecular weight excluding hydrogens is 372 g/mol. The minimum atomic E-state index is 0.355. The molecule has 0 bridgehead atoms. The Kier molecular flexibility index (Phi) is 5.70. The first-order chi connectivity index (χ1) is 11.6. The average molecular weight is 387 g/mol. The van der Waals surface area contributed by atoms with E-state index in [1.54, 1.807) is 11.8 Å². The molecule has 2 heterocycles. The van der Waals surface area contributed by atoms with Gasteiger partial charge in [-0.3, -0.25) is 5.41 Å². The van der Waals surface area contributed by atoms with Crippen LogP contribution in [0.3, 0.4) is 0 Å². The maximum atomic E-state index is 8.89. The summed E-state index contributed by atoms with van der Waals surface area (Å²) in [5.74, 6) is 2.19. The molecule has 0 radical (unpaired) electrons. The van der Waals surface area contributed by atoms with Gasteiger partial charge in [-0.1, -0.05) is 71.3 Å².